The molecule has 0 bridgehead atoms. The van der Waals surface area contributed by atoms with Gasteiger partial charge in [0, 0.05) is 38.9 Å². The highest BCUT2D eigenvalue weighted by Crippen LogP contribution is 2.09. The zero-order chi connectivity index (χ0) is 17.4. The van der Waals surface area contributed by atoms with Crippen LogP contribution in [0.4, 0.5) is 0 Å². The minimum absolute atomic E-state index is 0.636. The number of likely N-dealkylation sites (tertiary alicyclic amines) is 1. The summed E-state index contributed by atoms with van der Waals surface area (Å²) in [6, 6.07) is 2.12. The average molecular weight is 335 g/mol. The number of nitrogens with one attached hydrogen (secondary N) is 2. The maximum atomic E-state index is 4.49. The summed E-state index contributed by atoms with van der Waals surface area (Å²) in [6.07, 6.45) is 3.75. The molecule has 2 rings (SSSR count). The van der Waals surface area contributed by atoms with Crippen LogP contribution in [-0.2, 0) is 6.54 Å². The average Bonchev–Trinajstić information content (AvgIpc) is 3.16. The van der Waals surface area contributed by atoms with Crippen molar-refractivity contribution in [3.63, 3.8) is 0 Å². The van der Waals surface area contributed by atoms with E-state index in [1.54, 1.807) is 0 Å². The zero-order valence-electron chi connectivity index (χ0n) is 15.8. The zero-order valence-corrected chi connectivity index (χ0v) is 15.8. The number of aromatic nitrogens is 2. The Morgan fingerprint density at radius 1 is 1.29 bits per heavy atom. The van der Waals surface area contributed by atoms with Gasteiger partial charge in [0.15, 0.2) is 5.96 Å². The molecule has 2 heterocycles. The predicted molar refractivity (Wildman–Crippen MR) is 101 cm³/mol. The van der Waals surface area contributed by atoms with Gasteiger partial charge in [0.25, 0.3) is 0 Å². The highest BCUT2D eigenvalue weighted by Gasteiger charge is 2.14. The van der Waals surface area contributed by atoms with Crippen LogP contribution < -0.4 is 10.6 Å². The molecular formula is C18H34N6. The molecule has 136 valence electrons. The predicted octanol–water partition coefficient (Wildman–Crippen LogP) is 1.79. The van der Waals surface area contributed by atoms with Crippen molar-refractivity contribution < 1.29 is 0 Å². The summed E-state index contributed by atoms with van der Waals surface area (Å²) in [5, 5.41) is 11.3. The molecule has 1 atom stereocenters. The van der Waals surface area contributed by atoms with E-state index in [1.165, 1.54) is 38.2 Å². The van der Waals surface area contributed by atoms with Crippen LogP contribution in [0.1, 0.15) is 37.6 Å². The number of nitrogens with zero attached hydrogens (tertiary/aromatic N) is 4. The Morgan fingerprint density at radius 2 is 2.04 bits per heavy atom. The van der Waals surface area contributed by atoms with Crippen LogP contribution >= 0.6 is 0 Å². The van der Waals surface area contributed by atoms with Crippen LogP contribution in [0.15, 0.2) is 11.1 Å². The number of hydrogen-bond donors (Lipinski definition) is 2. The first kappa shape index (κ1) is 18.8. The normalized spacial score (nSPS) is 17.2. The summed E-state index contributed by atoms with van der Waals surface area (Å²) < 4.78 is 2.07. The van der Waals surface area contributed by atoms with Gasteiger partial charge in [0.1, 0.15) is 0 Å². The number of rotatable bonds is 8. The van der Waals surface area contributed by atoms with E-state index < -0.39 is 0 Å². The second-order valence-electron chi connectivity index (χ2n) is 7.00. The summed E-state index contributed by atoms with van der Waals surface area (Å²) in [5.41, 5.74) is 2.32. The van der Waals surface area contributed by atoms with E-state index in [0.29, 0.717) is 5.92 Å². The van der Waals surface area contributed by atoms with Gasteiger partial charge in [0.2, 0.25) is 0 Å². The fourth-order valence-corrected chi connectivity index (χ4v) is 3.30. The lowest BCUT2D eigenvalue weighted by Gasteiger charge is -2.21. The minimum atomic E-state index is 0.636. The molecule has 0 amide bonds. The highest BCUT2D eigenvalue weighted by molar-refractivity contribution is 5.79. The van der Waals surface area contributed by atoms with E-state index in [2.05, 4.69) is 50.2 Å². The number of aryl methyl sites for hydroxylation is 3. The molecule has 1 unspecified atom stereocenters. The fraction of sp³-hybridized carbons (Fsp3) is 0.778. The van der Waals surface area contributed by atoms with Crippen molar-refractivity contribution >= 4 is 5.96 Å². The van der Waals surface area contributed by atoms with Gasteiger partial charge in [-0.05, 0) is 58.2 Å². The Labute approximate surface area is 146 Å². The van der Waals surface area contributed by atoms with Crippen molar-refractivity contribution in [2.75, 3.05) is 39.8 Å². The SMILES string of the molecule is CN=C(NCCCn1nc(C)cc1C)NCC(C)CN1CCCC1. The van der Waals surface area contributed by atoms with Crippen LogP contribution in [-0.4, -0.2) is 60.4 Å². The first-order chi connectivity index (χ1) is 11.6. The molecule has 1 aliphatic rings. The monoisotopic (exact) mass is 334 g/mol. The van der Waals surface area contributed by atoms with Crippen molar-refractivity contribution in [1.82, 2.24) is 25.3 Å². The lowest BCUT2D eigenvalue weighted by Crippen LogP contribution is -2.41. The van der Waals surface area contributed by atoms with E-state index >= 15 is 0 Å². The van der Waals surface area contributed by atoms with E-state index in [1.807, 2.05) is 14.0 Å². The van der Waals surface area contributed by atoms with E-state index in [9.17, 15) is 0 Å². The molecule has 1 fully saturated rings. The quantitative estimate of drug-likeness (QED) is 0.432. The number of aliphatic imine (C=N–C) groups is 1. The molecule has 1 saturated heterocycles. The number of guanidine groups is 1. The molecule has 0 aromatic carbocycles. The van der Waals surface area contributed by atoms with Crippen LogP contribution in [0.3, 0.4) is 0 Å². The minimum Gasteiger partial charge on any atom is -0.356 e. The Kier molecular flexibility index (Phi) is 7.56. The summed E-state index contributed by atoms with van der Waals surface area (Å²) in [7, 11) is 1.83. The smallest absolute Gasteiger partial charge is 0.190 e. The molecule has 6 heteroatoms. The van der Waals surface area contributed by atoms with Gasteiger partial charge < -0.3 is 15.5 Å². The Balaban J connectivity index is 1.60. The summed E-state index contributed by atoms with van der Waals surface area (Å²) in [6.45, 7) is 13.0. The van der Waals surface area contributed by atoms with Crippen LogP contribution in [0, 0.1) is 19.8 Å². The van der Waals surface area contributed by atoms with Crippen molar-refractivity contribution in [3.05, 3.63) is 17.5 Å². The molecular weight excluding hydrogens is 300 g/mol. The number of hydrogen-bond acceptors (Lipinski definition) is 3. The topological polar surface area (TPSA) is 57.5 Å². The first-order valence-corrected chi connectivity index (χ1v) is 9.26. The highest BCUT2D eigenvalue weighted by atomic mass is 15.3. The van der Waals surface area contributed by atoms with Gasteiger partial charge in [-0.15, -0.1) is 0 Å². The first-order valence-electron chi connectivity index (χ1n) is 9.26. The molecule has 0 saturated carbocycles. The third-order valence-corrected chi connectivity index (χ3v) is 4.55. The van der Waals surface area contributed by atoms with Gasteiger partial charge in [-0.3, -0.25) is 9.67 Å². The van der Waals surface area contributed by atoms with Crippen molar-refractivity contribution in [3.8, 4) is 0 Å². The van der Waals surface area contributed by atoms with Gasteiger partial charge in [-0.2, -0.15) is 5.10 Å². The second-order valence-corrected chi connectivity index (χ2v) is 7.00. The molecule has 1 aliphatic heterocycles. The summed E-state index contributed by atoms with van der Waals surface area (Å²) >= 11 is 0. The van der Waals surface area contributed by atoms with Crippen LogP contribution in [0.25, 0.3) is 0 Å². The van der Waals surface area contributed by atoms with E-state index in [0.717, 1.165) is 37.7 Å². The third kappa shape index (κ3) is 6.15. The molecule has 1 aromatic rings. The molecule has 6 nitrogen and oxygen atoms in total. The molecule has 1 aromatic heterocycles. The van der Waals surface area contributed by atoms with Gasteiger partial charge in [-0.25, -0.2) is 0 Å². The van der Waals surface area contributed by atoms with Crippen molar-refractivity contribution in [1.29, 1.82) is 0 Å². The van der Waals surface area contributed by atoms with Gasteiger partial charge >= 0.3 is 0 Å². The molecule has 0 aliphatic carbocycles. The fourth-order valence-electron chi connectivity index (χ4n) is 3.30. The molecule has 24 heavy (non-hydrogen) atoms. The molecule has 0 radical (unpaired) electrons. The Hall–Kier alpha value is -1.56. The van der Waals surface area contributed by atoms with Gasteiger partial charge in [0.05, 0.1) is 5.69 Å². The Morgan fingerprint density at radius 3 is 2.67 bits per heavy atom. The van der Waals surface area contributed by atoms with E-state index in [4.69, 9.17) is 0 Å². The molecule has 0 spiro atoms. The summed E-state index contributed by atoms with van der Waals surface area (Å²) in [4.78, 5) is 6.88. The van der Waals surface area contributed by atoms with Crippen LogP contribution in [0.2, 0.25) is 0 Å². The lowest BCUT2D eigenvalue weighted by molar-refractivity contribution is 0.287. The van der Waals surface area contributed by atoms with Crippen molar-refractivity contribution in [2.24, 2.45) is 10.9 Å². The van der Waals surface area contributed by atoms with Crippen LogP contribution in [0.5, 0.6) is 0 Å². The molecule has 2 N–H and O–H groups in total. The third-order valence-electron chi connectivity index (χ3n) is 4.55. The standard InChI is InChI=1S/C18H34N6/c1-15(14-23-9-5-6-10-23)13-21-18(19-4)20-8-7-11-24-17(3)12-16(2)22-24/h12,15H,5-11,13-14H2,1-4H3,(H2,19,20,21). The largest absolute Gasteiger partial charge is 0.356 e. The maximum absolute atomic E-state index is 4.49. The van der Waals surface area contributed by atoms with E-state index in [-0.39, 0.29) is 0 Å². The van der Waals surface area contributed by atoms with Gasteiger partial charge in [-0.1, -0.05) is 6.92 Å². The lowest BCUT2D eigenvalue weighted by atomic mass is 10.1. The maximum Gasteiger partial charge on any atom is 0.190 e. The second kappa shape index (κ2) is 9.67. The summed E-state index contributed by atoms with van der Waals surface area (Å²) in [5.74, 6) is 1.54. The Bertz CT molecular complexity index is 516. The van der Waals surface area contributed by atoms with Crippen molar-refractivity contribution in [2.45, 2.75) is 46.6 Å².